The maximum absolute atomic E-state index is 12.7. The maximum atomic E-state index is 12.7. The van der Waals surface area contributed by atoms with Crippen LogP contribution in [0.1, 0.15) is 23.2 Å². The molecule has 3 rings (SSSR count). The SMILES string of the molecule is COc1cc(C(=O)CCCN2CCN(c3ccccc3Cl)CC2)cc(OC)c1OC.Cl.Cl. The molecule has 1 saturated heterocycles. The van der Waals surface area contributed by atoms with Gasteiger partial charge in [-0.2, -0.15) is 0 Å². The van der Waals surface area contributed by atoms with Crippen LogP contribution in [0.5, 0.6) is 17.2 Å². The number of piperazine rings is 1. The number of Topliss-reactive ketones (excluding diaryl/α,β-unsaturated/α-hetero) is 1. The number of halogens is 3. The van der Waals surface area contributed by atoms with E-state index in [2.05, 4.69) is 15.9 Å². The first-order chi connectivity index (χ1) is 14.6. The third kappa shape index (κ3) is 6.82. The van der Waals surface area contributed by atoms with Gasteiger partial charge >= 0.3 is 0 Å². The van der Waals surface area contributed by atoms with Gasteiger partial charge in [-0.1, -0.05) is 23.7 Å². The van der Waals surface area contributed by atoms with E-state index in [1.54, 1.807) is 33.5 Å². The molecule has 1 aliphatic rings. The number of carbonyl (C=O) groups is 1. The minimum atomic E-state index is 0. The van der Waals surface area contributed by atoms with Crippen LogP contribution in [0.3, 0.4) is 0 Å². The Kier molecular flexibility index (Phi) is 12.0. The smallest absolute Gasteiger partial charge is 0.203 e. The molecule has 0 bridgehead atoms. The third-order valence-electron chi connectivity index (χ3n) is 5.43. The zero-order valence-electron chi connectivity index (χ0n) is 18.6. The first kappa shape index (κ1) is 28.2. The minimum absolute atomic E-state index is 0. The van der Waals surface area contributed by atoms with E-state index in [1.807, 2.05) is 18.2 Å². The predicted molar refractivity (Wildman–Crippen MR) is 134 cm³/mol. The molecule has 0 unspecified atom stereocenters. The summed E-state index contributed by atoms with van der Waals surface area (Å²) in [7, 11) is 4.65. The average Bonchev–Trinajstić information content (AvgIpc) is 2.78. The summed E-state index contributed by atoms with van der Waals surface area (Å²) in [5, 5.41) is 0.793. The summed E-state index contributed by atoms with van der Waals surface area (Å²) in [4.78, 5) is 17.4. The Morgan fingerprint density at radius 3 is 2.06 bits per heavy atom. The molecule has 6 nitrogen and oxygen atoms in total. The van der Waals surface area contributed by atoms with Crippen molar-refractivity contribution in [1.29, 1.82) is 0 Å². The van der Waals surface area contributed by atoms with Gasteiger partial charge in [0.2, 0.25) is 5.75 Å². The van der Waals surface area contributed by atoms with Gasteiger partial charge in [0, 0.05) is 38.2 Å². The van der Waals surface area contributed by atoms with Crippen LogP contribution in [0.2, 0.25) is 5.02 Å². The van der Waals surface area contributed by atoms with Crippen LogP contribution in [0, 0.1) is 0 Å². The van der Waals surface area contributed by atoms with Crippen molar-refractivity contribution in [2.45, 2.75) is 12.8 Å². The molecule has 2 aromatic carbocycles. The highest BCUT2D eigenvalue weighted by Gasteiger charge is 2.20. The topological polar surface area (TPSA) is 51.2 Å². The van der Waals surface area contributed by atoms with Crippen LogP contribution in [0.15, 0.2) is 36.4 Å². The van der Waals surface area contributed by atoms with E-state index in [-0.39, 0.29) is 30.6 Å². The largest absolute Gasteiger partial charge is 0.493 e. The lowest BCUT2D eigenvalue weighted by Gasteiger charge is -2.36. The highest BCUT2D eigenvalue weighted by molar-refractivity contribution is 6.33. The Hall–Kier alpha value is -1.86. The van der Waals surface area contributed by atoms with Crippen LogP contribution in [-0.4, -0.2) is 64.7 Å². The quantitative estimate of drug-likeness (QED) is 0.447. The molecule has 0 spiro atoms. The highest BCUT2D eigenvalue weighted by Crippen LogP contribution is 2.38. The number of hydrogen-bond donors (Lipinski definition) is 0. The molecule has 178 valence electrons. The molecule has 9 heteroatoms. The van der Waals surface area contributed by atoms with Crippen molar-refractivity contribution in [2.75, 3.05) is 59.0 Å². The lowest BCUT2D eigenvalue weighted by molar-refractivity contribution is 0.0973. The molecule has 1 fully saturated rings. The number of benzene rings is 2. The Morgan fingerprint density at radius 2 is 1.53 bits per heavy atom. The summed E-state index contributed by atoms with van der Waals surface area (Å²) in [5.74, 6) is 1.56. The van der Waals surface area contributed by atoms with Gasteiger partial charge in [0.05, 0.1) is 32.0 Å². The summed E-state index contributed by atoms with van der Waals surface area (Å²) in [6.45, 7) is 4.69. The van der Waals surface area contributed by atoms with Gasteiger partial charge in [0.15, 0.2) is 17.3 Å². The van der Waals surface area contributed by atoms with Crippen LogP contribution in [-0.2, 0) is 0 Å². The van der Waals surface area contributed by atoms with Crippen LogP contribution in [0.25, 0.3) is 0 Å². The number of nitrogens with zero attached hydrogens (tertiary/aromatic N) is 2. The molecule has 2 aromatic rings. The van der Waals surface area contributed by atoms with Crippen LogP contribution in [0.4, 0.5) is 5.69 Å². The molecule has 1 heterocycles. The predicted octanol–water partition coefficient (Wildman–Crippen LogP) is 4.99. The Bertz CT molecular complexity index is 849. The molecular weight excluding hydrogens is 475 g/mol. The Balaban J connectivity index is 0.00000256. The van der Waals surface area contributed by atoms with Crippen molar-refractivity contribution in [3.63, 3.8) is 0 Å². The summed E-state index contributed by atoms with van der Waals surface area (Å²) in [6, 6.07) is 11.4. The Morgan fingerprint density at radius 1 is 0.938 bits per heavy atom. The van der Waals surface area contributed by atoms with Gasteiger partial charge in [-0.3, -0.25) is 9.69 Å². The number of methoxy groups -OCH3 is 3. The summed E-state index contributed by atoms with van der Waals surface area (Å²) in [6.07, 6.45) is 1.28. The van der Waals surface area contributed by atoms with E-state index in [0.717, 1.165) is 49.9 Å². The molecule has 0 aliphatic carbocycles. The van der Waals surface area contributed by atoms with E-state index in [0.29, 0.717) is 29.2 Å². The van der Waals surface area contributed by atoms with E-state index < -0.39 is 0 Å². The zero-order chi connectivity index (χ0) is 21.5. The molecule has 0 N–H and O–H groups in total. The number of para-hydroxylation sites is 1. The van der Waals surface area contributed by atoms with E-state index in [1.165, 1.54) is 0 Å². The molecule has 0 aromatic heterocycles. The first-order valence-electron chi connectivity index (χ1n) is 10.1. The lowest BCUT2D eigenvalue weighted by atomic mass is 10.0. The number of ether oxygens (including phenoxy) is 3. The van der Waals surface area contributed by atoms with Crippen molar-refractivity contribution in [2.24, 2.45) is 0 Å². The number of rotatable bonds is 9. The van der Waals surface area contributed by atoms with Gasteiger partial charge in [-0.15, -0.1) is 24.8 Å². The fourth-order valence-electron chi connectivity index (χ4n) is 3.77. The standard InChI is InChI=1S/C23H29ClN2O4.2ClH/c1-28-21-15-17(16-22(29-2)23(21)30-3)20(27)9-6-10-25-11-13-26(14-12-25)19-8-5-4-7-18(19)24;;/h4-5,7-8,15-16H,6,9-14H2,1-3H3;2*1H. The average molecular weight is 506 g/mol. The molecule has 0 radical (unpaired) electrons. The van der Waals surface area contributed by atoms with Crippen molar-refractivity contribution in [3.8, 4) is 17.2 Å². The molecule has 0 saturated carbocycles. The second kappa shape index (κ2) is 13.6. The van der Waals surface area contributed by atoms with Crippen LogP contribution >= 0.6 is 36.4 Å². The Labute approximate surface area is 207 Å². The van der Waals surface area contributed by atoms with Crippen molar-refractivity contribution in [3.05, 3.63) is 47.0 Å². The third-order valence-corrected chi connectivity index (χ3v) is 5.75. The monoisotopic (exact) mass is 504 g/mol. The van der Waals surface area contributed by atoms with Gasteiger partial charge < -0.3 is 19.1 Å². The van der Waals surface area contributed by atoms with E-state index >= 15 is 0 Å². The fraction of sp³-hybridized carbons (Fsp3) is 0.435. The minimum Gasteiger partial charge on any atom is -0.493 e. The molecule has 32 heavy (non-hydrogen) atoms. The number of carbonyl (C=O) groups excluding carboxylic acids is 1. The molecule has 0 atom stereocenters. The fourth-order valence-corrected chi connectivity index (χ4v) is 4.03. The normalized spacial score (nSPS) is 13.6. The highest BCUT2D eigenvalue weighted by atomic mass is 35.5. The molecular formula is C23H31Cl3N2O4. The van der Waals surface area contributed by atoms with Crippen molar-refractivity contribution in [1.82, 2.24) is 4.90 Å². The summed E-state index contributed by atoms with van der Waals surface area (Å²) >= 11 is 6.31. The number of ketones is 1. The second-order valence-corrected chi connectivity index (χ2v) is 7.63. The van der Waals surface area contributed by atoms with Crippen molar-refractivity contribution >= 4 is 47.9 Å². The van der Waals surface area contributed by atoms with Gasteiger partial charge in [-0.05, 0) is 37.2 Å². The molecule has 0 amide bonds. The summed E-state index contributed by atoms with van der Waals surface area (Å²) < 4.78 is 16.0. The van der Waals surface area contributed by atoms with E-state index in [9.17, 15) is 4.79 Å². The van der Waals surface area contributed by atoms with Crippen molar-refractivity contribution < 1.29 is 19.0 Å². The second-order valence-electron chi connectivity index (χ2n) is 7.22. The number of anilines is 1. The van der Waals surface area contributed by atoms with Gasteiger partial charge in [-0.25, -0.2) is 0 Å². The lowest BCUT2D eigenvalue weighted by Crippen LogP contribution is -2.46. The molecule has 1 aliphatic heterocycles. The van der Waals surface area contributed by atoms with Gasteiger partial charge in [0.1, 0.15) is 0 Å². The maximum Gasteiger partial charge on any atom is 0.203 e. The van der Waals surface area contributed by atoms with Crippen LogP contribution < -0.4 is 19.1 Å². The summed E-state index contributed by atoms with van der Waals surface area (Å²) in [5.41, 5.74) is 1.67. The van der Waals surface area contributed by atoms with Gasteiger partial charge in [0.25, 0.3) is 0 Å². The van der Waals surface area contributed by atoms with E-state index in [4.69, 9.17) is 25.8 Å². The first-order valence-corrected chi connectivity index (χ1v) is 10.5. The number of hydrogen-bond acceptors (Lipinski definition) is 6. The zero-order valence-corrected chi connectivity index (χ0v) is 21.0.